The maximum absolute atomic E-state index is 13.7. The van der Waals surface area contributed by atoms with Crippen LogP contribution in [0.15, 0.2) is 77.6 Å². The fourth-order valence-electron chi connectivity index (χ4n) is 4.59. The summed E-state index contributed by atoms with van der Waals surface area (Å²) < 4.78 is 15.2. The van der Waals surface area contributed by atoms with Gasteiger partial charge in [-0.05, 0) is 69.9 Å². The molecule has 0 aliphatic heterocycles. The largest absolute Gasteiger partial charge is 0.331 e. The molecular weight excluding hydrogens is 515 g/mol. The fraction of sp³-hybridized carbons (Fsp3) is 0.382. The number of rotatable bonds is 10. The van der Waals surface area contributed by atoms with E-state index in [2.05, 4.69) is 13.8 Å². The van der Waals surface area contributed by atoms with Crippen molar-refractivity contribution in [2.45, 2.75) is 59.4 Å². The van der Waals surface area contributed by atoms with E-state index in [1.165, 1.54) is 36.0 Å². The minimum atomic E-state index is -0.509. The topological polar surface area (TPSA) is 58.4 Å². The molecule has 0 aliphatic carbocycles. The molecule has 0 radical (unpaired) electrons. The first kappa shape index (κ1) is 31.7. The van der Waals surface area contributed by atoms with Gasteiger partial charge in [0.2, 0.25) is 5.91 Å². The van der Waals surface area contributed by atoms with Crippen LogP contribution in [0.4, 0.5) is 4.39 Å². The molecule has 1 heterocycles. The lowest BCUT2D eigenvalue weighted by Crippen LogP contribution is -2.41. The molecule has 4 rings (SSSR count). The number of para-hydroxylation sites is 1. The Morgan fingerprint density at radius 3 is 2.15 bits per heavy atom. The van der Waals surface area contributed by atoms with Crippen molar-refractivity contribution in [1.29, 1.82) is 0 Å². The summed E-state index contributed by atoms with van der Waals surface area (Å²) in [4.78, 5) is 35.9. The zero-order valence-electron chi connectivity index (χ0n) is 25.2. The molecule has 41 heavy (non-hydrogen) atoms. The Kier molecular flexibility index (Phi) is 11.8. The highest BCUT2D eigenvalue weighted by Gasteiger charge is 2.27. The summed E-state index contributed by atoms with van der Waals surface area (Å²) in [6, 6.07) is 20.3. The zero-order chi connectivity index (χ0) is 29.9. The van der Waals surface area contributed by atoms with E-state index in [0.29, 0.717) is 35.5 Å². The molecule has 0 aliphatic rings. The number of likely N-dealkylation sites (N-methyl/N-ethyl adjacent to an activating group) is 1. The highest BCUT2D eigenvalue weighted by Crippen LogP contribution is 2.24. The molecule has 0 fully saturated rings. The Labute approximate surface area is 243 Å². The number of aromatic nitrogens is 2. The monoisotopic (exact) mass is 558 g/mol. The van der Waals surface area contributed by atoms with Crippen molar-refractivity contribution in [3.05, 3.63) is 106 Å². The van der Waals surface area contributed by atoms with E-state index < -0.39 is 11.9 Å². The van der Waals surface area contributed by atoms with Gasteiger partial charge in [0, 0.05) is 13.1 Å². The van der Waals surface area contributed by atoms with Crippen LogP contribution in [0.2, 0.25) is 0 Å². The summed E-state index contributed by atoms with van der Waals surface area (Å²) in [5.74, 6) is -0.0152. The number of halogens is 1. The Bertz CT molecular complexity index is 1460. The minimum Gasteiger partial charge on any atom is -0.331 e. The highest BCUT2D eigenvalue weighted by atomic mass is 19.1. The normalized spacial score (nSPS) is 11.7. The average molecular weight is 559 g/mol. The number of amides is 1. The molecule has 218 valence electrons. The third kappa shape index (κ3) is 8.57. The van der Waals surface area contributed by atoms with Gasteiger partial charge in [-0.1, -0.05) is 75.1 Å². The van der Waals surface area contributed by atoms with Crippen LogP contribution in [0.3, 0.4) is 0 Å². The van der Waals surface area contributed by atoms with Gasteiger partial charge in [0.1, 0.15) is 11.6 Å². The standard InChI is InChI=1S/C29H31FN4O2.C5H12/c1-20-9-11-22(12-10-20)19-27(35)33(18-17-32(3)4)21(2)28-31-26-8-6-5-7-25(26)29(36)34(28)24-15-13-23(30)14-16-24;1-3-5-4-2/h5-16,21H,17-19H2,1-4H3;3-5H2,1-2H3. The van der Waals surface area contributed by atoms with Gasteiger partial charge >= 0.3 is 0 Å². The summed E-state index contributed by atoms with van der Waals surface area (Å²) in [6.07, 6.45) is 4.32. The number of benzene rings is 3. The molecule has 4 aromatic rings. The van der Waals surface area contributed by atoms with E-state index in [1.807, 2.05) is 63.2 Å². The summed E-state index contributed by atoms with van der Waals surface area (Å²) in [5, 5.41) is 0.462. The maximum Gasteiger partial charge on any atom is 0.266 e. The van der Waals surface area contributed by atoms with Gasteiger partial charge in [0.25, 0.3) is 5.56 Å². The van der Waals surface area contributed by atoms with Crippen LogP contribution in [-0.4, -0.2) is 52.4 Å². The first-order valence-electron chi connectivity index (χ1n) is 14.4. The summed E-state index contributed by atoms with van der Waals surface area (Å²) in [7, 11) is 3.91. The smallest absolute Gasteiger partial charge is 0.266 e. The maximum atomic E-state index is 13.7. The lowest BCUT2D eigenvalue weighted by atomic mass is 10.1. The predicted molar refractivity (Wildman–Crippen MR) is 166 cm³/mol. The van der Waals surface area contributed by atoms with Crippen molar-refractivity contribution in [3.8, 4) is 5.69 Å². The third-order valence-corrected chi connectivity index (χ3v) is 7.02. The Morgan fingerprint density at radius 1 is 0.927 bits per heavy atom. The van der Waals surface area contributed by atoms with Crippen molar-refractivity contribution in [1.82, 2.24) is 19.4 Å². The van der Waals surface area contributed by atoms with Gasteiger partial charge in [0.15, 0.2) is 0 Å². The van der Waals surface area contributed by atoms with Gasteiger partial charge in [-0.15, -0.1) is 0 Å². The first-order valence-corrected chi connectivity index (χ1v) is 14.4. The second kappa shape index (κ2) is 15.2. The van der Waals surface area contributed by atoms with Gasteiger partial charge in [-0.2, -0.15) is 0 Å². The Morgan fingerprint density at radius 2 is 1.56 bits per heavy atom. The van der Waals surface area contributed by atoms with Crippen molar-refractivity contribution in [2.24, 2.45) is 0 Å². The van der Waals surface area contributed by atoms with E-state index in [0.717, 1.165) is 11.1 Å². The number of aryl methyl sites for hydroxylation is 1. The number of hydrogen-bond donors (Lipinski definition) is 0. The quantitative estimate of drug-likeness (QED) is 0.217. The zero-order valence-corrected chi connectivity index (χ0v) is 25.2. The Hall–Kier alpha value is -3.84. The number of carbonyl (C=O) groups excluding carboxylic acids is 1. The molecule has 0 saturated carbocycles. The van der Waals surface area contributed by atoms with Crippen LogP contribution in [0.1, 0.15) is 63.0 Å². The first-order chi connectivity index (χ1) is 19.7. The van der Waals surface area contributed by atoms with E-state index in [9.17, 15) is 14.0 Å². The molecule has 1 unspecified atom stereocenters. The summed E-state index contributed by atoms with van der Waals surface area (Å²) >= 11 is 0. The minimum absolute atomic E-state index is 0.0544. The van der Waals surface area contributed by atoms with Gasteiger partial charge in [-0.25, -0.2) is 9.37 Å². The molecular formula is C34H43FN4O2. The molecule has 0 saturated heterocycles. The molecule has 0 bridgehead atoms. The van der Waals surface area contributed by atoms with E-state index >= 15 is 0 Å². The molecule has 3 aromatic carbocycles. The number of nitrogens with zero attached hydrogens (tertiary/aromatic N) is 4. The van der Waals surface area contributed by atoms with Crippen molar-refractivity contribution in [3.63, 3.8) is 0 Å². The van der Waals surface area contributed by atoms with Crippen molar-refractivity contribution < 1.29 is 9.18 Å². The van der Waals surface area contributed by atoms with Gasteiger partial charge in [-0.3, -0.25) is 14.2 Å². The molecule has 7 heteroatoms. The SMILES string of the molecule is CCCCC.Cc1ccc(CC(=O)N(CCN(C)C)C(C)c2nc3ccccc3c(=O)n2-c2ccc(F)cc2)cc1. The number of fused-ring (bicyclic) bond motifs is 1. The molecule has 0 spiro atoms. The molecule has 1 aromatic heterocycles. The number of carbonyl (C=O) groups is 1. The van der Waals surface area contributed by atoms with Crippen LogP contribution in [0.25, 0.3) is 16.6 Å². The van der Waals surface area contributed by atoms with E-state index in [4.69, 9.17) is 4.98 Å². The lowest BCUT2D eigenvalue weighted by molar-refractivity contribution is -0.133. The van der Waals surface area contributed by atoms with Crippen LogP contribution in [-0.2, 0) is 11.2 Å². The second-order valence-corrected chi connectivity index (χ2v) is 10.7. The summed E-state index contributed by atoms with van der Waals surface area (Å²) in [5.41, 5.74) is 2.86. The number of unbranched alkanes of at least 4 members (excludes halogenated alkanes) is 2. The molecule has 6 nitrogen and oxygen atoms in total. The van der Waals surface area contributed by atoms with E-state index in [-0.39, 0.29) is 17.9 Å². The lowest BCUT2D eigenvalue weighted by Gasteiger charge is -2.31. The molecule has 1 atom stereocenters. The Balaban J connectivity index is 0.000000850. The van der Waals surface area contributed by atoms with Crippen LogP contribution in [0.5, 0.6) is 0 Å². The van der Waals surface area contributed by atoms with Crippen molar-refractivity contribution in [2.75, 3.05) is 27.2 Å². The third-order valence-electron chi connectivity index (χ3n) is 7.02. The fourth-order valence-corrected chi connectivity index (χ4v) is 4.59. The molecule has 1 amide bonds. The van der Waals surface area contributed by atoms with Crippen LogP contribution < -0.4 is 5.56 Å². The van der Waals surface area contributed by atoms with Crippen LogP contribution in [0, 0.1) is 12.7 Å². The highest BCUT2D eigenvalue weighted by molar-refractivity contribution is 5.80. The van der Waals surface area contributed by atoms with Gasteiger partial charge in [0.05, 0.1) is 29.1 Å². The van der Waals surface area contributed by atoms with E-state index in [1.54, 1.807) is 35.2 Å². The second-order valence-electron chi connectivity index (χ2n) is 10.7. The van der Waals surface area contributed by atoms with Crippen molar-refractivity contribution >= 4 is 16.8 Å². The van der Waals surface area contributed by atoms with Crippen LogP contribution >= 0.6 is 0 Å². The van der Waals surface area contributed by atoms with Gasteiger partial charge < -0.3 is 9.80 Å². The predicted octanol–water partition coefficient (Wildman–Crippen LogP) is 6.72. The molecule has 0 N–H and O–H groups in total. The number of hydrogen-bond acceptors (Lipinski definition) is 4. The summed E-state index contributed by atoms with van der Waals surface area (Å²) in [6.45, 7) is 9.44. The average Bonchev–Trinajstić information content (AvgIpc) is 2.95.